The van der Waals surface area contributed by atoms with Crippen LogP contribution >= 0.6 is 0 Å². The molecular formula is C16H21F3O2. The fourth-order valence-electron chi connectivity index (χ4n) is 3.12. The van der Waals surface area contributed by atoms with Gasteiger partial charge in [0.1, 0.15) is 5.75 Å². The second-order valence-electron chi connectivity index (χ2n) is 6.26. The first kappa shape index (κ1) is 16.1. The zero-order chi connectivity index (χ0) is 15.7. The van der Waals surface area contributed by atoms with Gasteiger partial charge in [0.2, 0.25) is 0 Å². The molecule has 1 aliphatic carbocycles. The molecule has 2 nitrogen and oxygen atoms in total. The Morgan fingerprint density at radius 2 is 1.81 bits per heavy atom. The quantitative estimate of drug-likeness (QED) is 0.901. The summed E-state index contributed by atoms with van der Waals surface area (Å²) in [5.74, 6) is 0.433. The van der Waals surface area contributed by atoms with Gasteiger partial charge >= 0.3 is 6.36 Å². The third kappa shape index (κ3) is 4.37. The van der Waals surface area contributed by atoms with Gasteiger partial charge in [-0.1, -0.05) is 32.4 Å². The minimum Gasteiger partial charge on any atom is -0.406 e. The van der Waals surface area contributed by atoms with Gasteiger partial charge in [-0.25, -0.2) is 0 Å². The lowest BCUT2D eigenvalue weighted by Crippen LogP contribution is -2.43. The van der Waals surface area contributed by atoms with Gasteiger partial charge in [-0.05, 0) is 42.4 Å². The van der Waals surface area contributed by atoms with Gasteiger partial charge in [-0.15, -0.1) is 13.2 Å². The molecule has 0 heterocycles. The summed E-state index contributed by atoms with van der Waals surface area (Å²) in [6.45, 7) is 4.16. The number of hydrogen-bond donors (Lipinski definition) is 1. The monoisotopic (exact) mass is 302 g/mol. The molecule has 1 aromatic rings. The maximum atomic E-state index is 12.1. The predicted octanol–water partition coefficient (Wildman–Crippen LogP) is 4.31. The summed E-state index contributed by atoms with van der Waals surface area (Å²) < 4.78 is 40.2. The van der Waals surface area contributed by atoms with E-state index in [1.807, 2.05) is 6.92 Å². The highest BCUT2D eigenvalue weighted by atomic mass is 19.4. The first-order chi connectivity index (χ1) is 9.68. The van der Waals surface area contributed by atoms with Crippen LogP contribution in [0.15, 0.2) is 24.3 Å². The Morgan fingerprint density at radius 3 is 2.38 bits per heavy atom. The first-order valence-corrected chi connectivity index (χ1v) is 7.25. The maximum absolute atomic E-state index is 12.1. The van der Waals surface area contributed by atoms with Crippen LogP contribution in [0.5, 0.6) is 5.75 Å². The number of alkyl halides is 3. The summed E-state index contributed by atoms with van der Waals surface area (Å²) in [4.78, 5) is 0. The minimum absolute atomic E-state index is 0.194. The van der Waals surface area contributed by atoms with E-state index in [1.54, 1.807) is 12.1 Å². The molecule has 1 aliphatic rings. The zero-order valence-electron chi connectivity index (χ0n) is 12.3. The molecule has 0 spiro atoms. The van der Waals surface area contributed by atoms with Gasteiger partial charge in [0.25, 0.3) is 0 Å². The van der Waals surface area contributed by atoms with E-state index >= 15 is 0 Å². The Kier molecular flexibility index (Phi) is 4.51. The summed E-state index contributed by atoms with van der Waals surface area (Å²) in [5, 5.41) is 10.8. The standard InChI is InChI=1S/C16H21F3O2/c1-11-3-4-12(2)15(20,9-11)10-13-5-7-14(8-6-13)21-16(17,18)19/h5-8,11-12,20H,3-4,9-10H2,1-2H3. The van der Waals surface area contributed by atoms with Crippen LogP contribution in [-0.4, -0.2) is 17.1 Å². The van der Waals surface area contributed by atoms with Crippen LogP contribution in [0.3, 0.4) is 0 Å². The average Bonchev–Trinajstić information content (AvgIpc) is 2.35. The average molecular weight is 302 g/mol. The Labute approximate surface area is 122 Å². The van der Waals surface area contributed by atoms with Crippen LogP contribution in [0.4, 0.5) is 13.2 Å². The summed E-state index contributed by atoms with van der Waals surface area (Å²) in [7, 11) is 0. The predicted molar refractivity (Wildman–Crippen MR) is 74.0 cm³/mol. The van der Waals surface area contributed by atoms with Gasteiger partial charge in [-0.3, -0.25) is 0 Å². The molecule has 1 aromatic carbocycles. The molecule has 0 aliphatic heterocycles. The third-order valence-electron chi connectivity index (χ3n) is 4.38. The summed E-state index contributed by atoms with van der Waals surface area (Å²) in [5.41, 5.74) is 0.0531. The fraction of sp³-hybridized carbons (Fsp3) is 0.625. The van der Waals surface area contributed by atoms with Crippen molar-refractivity contribution in [3.63, 3.8) is 0 Å². The third-order valence-corrected chi connectivity index (χ3v) is 4.38. The molecule has 0 amide bonds. The lowest BCUT2D eigenvalue weighted by Gasteiger charge is -2.41. The molecule has 0 aromatic heterocycles. The summed E-state index contributed by atoms with van der Waals surface area (Å²) in [6.07, 6.45) is -1.39. The molecule has 3 unspecified atom stereocenters. The van der Waals surface area contributed by atoms with E-state index in [9.17, 15) is 18.3 Å². The van der Waals surface area contributed by atoms with Crippen molar-refractivity contribution in [1.29, 1.82) is 0 Å². The normalized spacial score (nSPS) is 30.2. The number of benzene rings is 1. The highest BCUT2D eigenvalue weighted by molar-refractivity contribution is 5.28. The summed E-state index contributed by atoms with van der Waals surface area (Å²) in [6, 6.07) is 5.77. The molecule has 21 heavy (non-hydrogen) atoms. The molecule has 3 atom stereocenters. The van der Waals surface area contributed by atoms with Crippen LogP contribution in [0.25, 0.3) is 0 Å². The molecule has 1 saturated carbocycles. The molecule has 2 rings (SSSR count). The maximum Gasteiger partial charge on any atom is 0.573 e. The SMILES string of the molecule is CC1CCC(C)C(O)(Cc2ccc(OC(F)(F)F)cc2)C1. The van der Waals surface area contributed by atoms with Crippen molar-refractivity contribution in [3.05, 3.63) is 29.8 Å². The molecule has 0 radical (unpaired) electrons. The number of ether oxygens (including phenoxy) is 1. The molecule has 1 N–H and O–H groups in total. The van der Waals surface area contributed by atoms with Crippen LogP contribution in [-0.2, 0) is 6.42 Å². The second-order valence-corrected chi connectivity index (χ2v) is 6.26. The minimum atomic E-state index is -4.67. The molecule has 0 saturated heterocycles. The molecule has 0 bridgehead atoms. The van der Waals surface area contributed by atoms with E-state index in [0.29, 0.717) is 12.3 Å². The number of halogens is 3. The highest BCUT2D eigenvalue weighted by Crippen LogP contribution is 2.39. The molecule has 118 valence electrons. The number of rotatable bonds is 3. The van der Waals surface area contributed by atoms with Crippen molar-refractivity contribution in [2.24, 2.45) is 11.8 Å². The van der Waals surface area contributed by atoms with Crippen LogP contribution in [0.2, 0.25) is 0 Å². The van der Waals surface area contributed by atoms with Crippen molar-refractivity contribution in [2.75, 3.05) is 0 Å². The Morgan fingerprint density at radius 1 is 1.19 bits per heavy atom. The summed E-state index contributed by atoms with van der Waals surface area (Å²) >= 11 is 0. The van der Waals surface area contributed by atoms with E-state index in [4.69, 9.17) is 0 Å². The first-order valence-electron chi connectivity index (χ1n) is 7.25. The van der Waals surface area contributed by atoms with Crippen LogP contribution in [0, 0.1) is 11.8 Å². The number of aliphatic hydroxyl groups is 1. The van der Waals surface area contributed by atoms with E-state index in [2.05, 4.69) is 11.7 Å². The van der Waals surface area contributed by atoms with Crippen LogP contribution in [0.1, 0.15) is 38.7 Å². The van der Waals surface area contributed by atoms with E-state index in [1.165, 1.54) is 12.1 Å². The van der Waals surface area contributed by atoms with Gasteiger partial charge in [0.15, 0.2) is 0 Å². The highest BCUT2D eigenvalue weighted by Gasteiger charge is 2.38. The van der Waals surface area contributed by atoms with Crippen molar-refractivity contribution in [2.45, 2.75) is 51.5 Å². The van der Waals surface area contributed by atoms with Gasteiger partial charge in [0, 0.05) is 6.42 Å². The smallest absolute Gasteiger partial charge is 0.406 e. The van der Waals surface area contributed by atoms with Gasteiger partial charge in [0.05, 0.1) is 5.60 Å². The fourth-order valence-corrected chi connectivity index (χ4v) is 3.12. The lowest BCUT2D eigenvalue weighted by atomic mass is 9.69. The topological polar surface area (TPSA) is 29.5 Å². The van der Waals surface area contributed by atoms with Crippen molar-refractivity contribution in [1.82, 2.24) is 0 Å². The van der Waals surface area contributed by atoms with E-state index < -0.39 is 12.0 Å². The Bertz CT molecular complexity index is 469. The van der Waals surface area contributed by atoms with E-state index in [0.717, 1.165) is 24.8 Å². The van der Waals surface area contributed by atoms with Gasteiger partial charge in [-0.2, -0.15) is 0 Å². The lowest BCUT2D eigenvalue weighted by molar-refractivity contribution is -0.274. The van der Waals surface area contributed by atoms with Crippen molar-refractivity contribution >= 4 is 0 Å². The second kappa shape index (κ2) is 5.87. The molecule has 1 fully saturated rings. The largest absolute Gasteiger partial charge is 0.573 e. The molecular weight excluding hydrogens is 281 g/mol. The van der Waals surface area contributed by atoms with E-state index in [-0.39, 0.29) is 11.7 Å². The van der Waals surface area contributed by atoms with Gasteiger partial charge < -0.3 is 9.84 Å². The van der Waals surface area contributed by atoms with Crippen molar-refractivity contribution in [3.8, 4) is 5.75 Å². The molecule has 5 heteroatoms. The Balaban J connectivity index is 2.05. The Hall–Kier alpha value is -1.23. The van der Waals surface area contributed by atoms with Crippen molar-refractivity contribution < 1.29 is 23.0 Å². The number of hydrogen-bond acceptors (Lipinski definition) is 2. The zero-order valence-corrected chi connectivity index (χ0v) is 12.3. The van der Waals surface area contributed by atoms with Crippen LogP contribution < -0.4 is 4.74 Å².